The van der Waals surface area contributed by atoms with Crippen LogP contribution in [0.3, 0.4) is 0 Å². The Kier molecular flexibility index (Phi) is 2.26. The van der Waals surface area contributed by atoms with Crippen molar-refractivity contribution in [1.82, 2.24) is 0 Å². The predicted molar refractivity (Wildman–Crippen MR) is 56.4 cm³/mol. The summed E-state index contributed by atoms with van der Waals surface area (Å²) in [5, 5.41) is 18.9. The third-order valence-electron chi connectivity index (χ3n) is 2.65. The van der Waals surface area contributed by atoms with Gasteiger partial charge in [-0.05, 0) is 17.7 Å². The molecule has 1 unspecified atom stereocenters. The van der Waals surface area contributed by atoms with Gasteiger partial charge in [0.25, 0.3) is 0 Å². The van der Waals surface area contributed by atoms with Crippen LogP contribution >= 0.6 is 0 Å². The summed E-state index contributed by atoms with van der Waals surface area (Å²) in [7, 11) is 1.27. The highest BCUT2D eigenvalue weighted by Gasteiger charge is 2.44. The number of hydrogen-bond donors (Lipinski definition) is 1. The largest absolute Gasteiger partial charge is 0.507 e. The molecule has 0 fully saturated rings. The van der Waals surface area contributed by atoms with Crippen molar-refractivity contribution < 1.29 is 14.6 Å². The number of hydrogen-bond acceptors (Lipinski definition) is 4. The fraction of sp³-hybridized carbons (Fsp3) is 0.167. The maximum Gasteiger partial charge on any atom is 0.246 e. The van der Waals surface area contributed by atoms with Gasteiger partial charge >= 0.3 is 0 Å². The predicted octanol–water partition coefficient (Wildman–Crippen LogP) is 1.35. The Balaban J connectivity index is 2.81. The summed E-state index contributed by atoms with van der Waals surface area (Å²) in [5.74, 6) is -0.592. The smallest absolute Gasteiger partial charge is 0.246 e. The van der Waals surface area contributed by atoms with E-state index in [4.69, 9.17) is 10.00 Å². The van der Waals surface area contributed by atoms with Crippen LogP contribution in [0.2, 0.25) is 0 Å². The Morgan fingerprint density at radius 1 is 1.44 bits per heavy atom. The summed E-state index contributed by atoms with van der Waals surface area (Å²) >= 11 is 0. The van der Waals surface area contributed by atoms with Crippen molar-refractivity contribution in [1.29, 1.82) is 5.26 Å². The topological polar surface area (TPSA) is 70.3 Å². The Hall–Kier alpha value is -2.12. The Labute approximate surface area is 92.4 Å². The first-order valence-electron chi connectivity index (χ1n) is 4.67. The van der Waals surface area contributed by atoms with Crippen LogP contribution in [0.1, 0.15) is 11.1 Å². The molecule has 1 aromatic rings. The number of aromatic hydroxyl groups is 1. The van der Waals surface area contributed by atoms with E-state index in [9.17, 15) is 9.90 Å². The van der Waals surface area contributed by atoms with Gasteiger partial charge in [-0.25, -0.2) is 0 Å². The number of benzene rings is 1. The van der Waals surface area contributed by atoms with Gasteiger partial charge in [0.15, 0.2) is 0 Å². The van der Waals surface area contributed by atoms with Crippen LogP contribution in [-0.2, 0) is 15.1 Å². The molecule has 1 aromatic carbocycles. The van der Waals surface area contributed by atoms with Gasteiger partial charge in [0.1, 0.15) is 11.8 Å². The molecule has 0 amide bonds. The quantitative estimate of drug-likeness (QED) is 0.767. The molecular formula is C12H9NO3. The first kappa shape index (κ1) is 10.4. The lowest BCUT2D eigenvalue weighted by Crippen LogP contribution is -2.37. The van der Waals surface area contributed by atoms with Crippen molar-refractivity contribution in [2.45, 2.75) is 5.60 Å². The SMILES string of the molecule is COC1(C#N)C(=O)C=Cc2cccc(O)c21. The van der Waals surface area contributed by atoms with E-state index in [1.807, 2.05) is 6.07 Å². The zero-order valence-corrected chi connectivity index (χ0v) is 8.60. The van der Waals surface area contributed by atoms with E-state index in [0.717, 1.165) is 0 Å². The van der Waals surface area contributed by atoms with E-state index in [1.54, 1.807) is 18.2 Å². The molecule has 80 valence electrons. The van der Waals surface area contributed by atoms with E-state index in [-0.39, 0.29) is 11.3 Å². The van der Waals surface area contributed by atoms with Crippen LogP contribution in [0.5, 0.6) is 5.75 Å². The monoisotopic (exact) mass is 215 g/mol. The number of methoxy groups -OCH3 is 1. The molecule has 0 aromatic heterocycles. The molecule has 1 aliphatic carbocycles. The zero-order valence-electron chi connectivity index (χ0n) is 8.60. The molecule has 1 atom stereocenters. The number of carbonyl (C=O) groups excluding carboxylic acids is 1. The van der Waals surface area contributed by atoms with Crippen LogP contribution in [0, 0.1) is 11.3 Å². The van der Waals surface area contributed by atoms with E-state index in [0.29, 0.717) is 5.56 Å². The lowest BCUT2D eigenvalue weighted by molar-refractivity contribution is -0.131. The normalized spacial score (nSPS) is 22.6. The van der Waals surface area contributed by atoms with E-state index < -0.39 is 11.4 Å². The molecule has 0 spiro atoms. The molecule has 1 aliphatic rings. The summed E-state index contributed by atoms with van der Waals surface area (Å²) in [6.07, 6.45) is 2.85. The number of ketones is 1. The minimum atomic E-state index is -1.73. The van der Waals surface area contributed by atoms with E-state index >= 15 is 0 Å². The Morgan fingerprint density at radius 3 is 2.81 bits per heavy atom. The molecule has 0 aliphatic heterocycles. The molecule has 0 radical (unpaired) electrons. The number of nitriles is 1. The van der Waals surface area contributed by atoms with Crippen molar-refractivity contribution in [3.63, 3.8) is 0 Å². The standard InChI is InChI=1S/C12H9NO3/c1-16-12(7-13)10(15)6-5-8-3-2-4-9(14)11(8)12/h2-6,14H,1H3. The molecule has 4 heteroatoms. The van der Waals surface area contributed by atoms with Crippen LogP contribution in [-0.4, -0.2) is 18.0 Å². The van der Waals surface area contributed by atoms with E-state index in [1.165, 1.54) is 19.3 Å². The third kappa shape index (κ3) is 1.16. The number of fused-ring (bicyclic) bond motifs is 1. The molecule has 4 nitrogen and oxygen atoms in total. The fourth-order valence-electron chi connectivity index (χ4n) is 1.85. The Bertz CT molecular complexity index is 528. The number of phenolic OH excluding ortho intramolecular Hbond substituents is 1. The molecule has 2 rings (SSSR count). The highest BCUT2D eigenvalue weighted by atomic mass is 16.5. The van der Waals surface area contributed by atoms with Gasteiger partial charge in [0, 0.05) is 7.11 Å². The lowest BCUT2D eigenvalue weighted by Gasteiger charge is -2.27. The Morgan fingerprint density at radius 2 is 2.19 bits per heavy atom. The van der Waals surface area contributed by atoms with Gasteiger partial charge in [-0.2, -0.15) is 5.26 Å². The van der Waals surface area contributed by atoms with Gasteiger partial charge in [-0.3, -0.25) is 4.79 Å². The molecule has 0 saturated heterocycles. The second-order valence-electron chi connectivity index (χ2n) is 3.44. The number of carbonyl (C=O) groups is 1. The number of ether oxygens (including phenoxy) is 1. The van der Waals surface area contributed by atoms with Gasteiger partial charge in [-0.1, -0.05) is 18.2 Å². The minimum absolute atomic E-state index is 0.112. The minimum Gasteiger partial charge on any atom is -0.507 e. The maximum atomic E-state index is 11.7. The second kappa shape index (κ2) is 3.47. The van der Waals surface area contributed by atoms with Crippen LogP contribution < -0.4 is 0 Å². The lowest BCUT2D eigenvalue weighted by atomic mass is 9.82. The fourth-order valence-corrected chi connectivity index (χ4v) is 1.85. The van der Waals surface area contributed by atoms with Gasteiger partial charge in [0.05, 0.1) is 5.56 Å². The summed E-state index contributed by atoms with van der Waals surface area (Å²) in [5.41, 5.74) is -0.898. The third-order valence-corrected chi connectivity index (χ3v) is 2.65. The van der Waals surface area contributed by atoms with Crippen molar-refractivity contribution in [3.8, 4) is 11.8 Å². The van der Waals surface area contributed by atoms with Gasteiger partial charge in [-0.15, -0.1) is 0 Å². The average molecular weight is 215 g/mol. The molecule has 0 bridgehead atoms. The average Bonchev–Trinajstić information content (AvgIpc) is 2.30. The molecule has 0 saturated carbocycles. The first-order chi connectivity index (χ1) is 7.65. The molecule has 16 heavy (non-hydrogen) atoms. The van der Waals surface area contributed by atoms with Crippen molar-refractivity contribution in [2.24, 2.45) is 0 Å². The molecule has 0 heterocycles. The summed E-state index contributed by atoms with van der Waals surface area (Å²) < 4.78 is 5.03. The van der Waals surface area contributed by atoms with Crippen molar-refractivity contribution in [2.75, 3.05) is 7.11 Å². The van der Waals surface area contributed by atoms with Crippen LogP contribution in [0.15, 0.2) is 24.3 Å². The highest BCUT2D eigenvalue weighted by molar-refractivity contribution is 6.06. The number of rotatable bonds is 1. The molecular weight excluding hydrogens is 206 g/mol. The summed E-state index contributed by atoms with van der Waals surface area (Å²) in [6, 6.07) is 6.61. The molecule has 1 N–H and O–H groups in total. The zero-order chi connectivity index (χ0) is 11.8. The number of phenols is 1. The first-order valence-corrected chi connectivity index (χ1v) is 4.67. The summed E-state index contributed by atoms with van der Waals surface area (Å²) in [6.45, 7) is 0. The van der Waals surface area contributed by atoms with Crippen molar-refractivity contribution >= 4 is 11.9 Å². The van der Waals surface area contributed by atoms with Crippen LogP contribution in [0.4, 0.5) is 0 Å². The second-order valence-corrected chi connectivity index (χ2v) is 3.44. The van der Waals surface area contributed by atoms with Crippen molar-refractivity contribution in [3.05, 3.63) is 35.4 Å². The number of nitrogens with zero attached hydrogens (tertiary/aromatic N) is 1. The van der Waals surface area contributed by atoms with Gasteiger partial charge in [0.2, 0.25) is 11.4 Å². The summed E-state index contributed by atoms with van der Waals surface area (Å²) in [4.78, 5) is 11.7. The highest BCUT2D eigenvalue weighted by Crippen LogP contribution is 2.39. The maximum absolute atomic E-state index is 11.7. The van der Waals surface area contributed by atoms with E-state index in [2.05, 4.69) is 0 Å². The van der Waals surface area contributed by atoms with Crippen LogP contribution in [0.25, 0.3) is 6.08 Å². The van der Waals surface area contributed by atoms with Gasteiger partial charge < -0.3 is 9.84 Å².